The summed E-state index contributed by atoms with van der Waals surface area (Å²) in [6.07, 6.45) is 1.51. The normalized spacial score (nSPS) is 21.4. The van der Waals surface area contributed by atoms with Crippen LogP contribution < -0.4 is 10.5 Å². The van der Waals surface area contributed by atoms with E-state index in [9.17, 15) is 4.79 Å². The molecule has 2 rings (SSSR count). The summed E-state index contributed by atoms with van der Waals surface area (Å²) in [6, 6.07) is 9.51. The van der Waals surface area contributed by atoms with E-state index in [1.807, 2.05) is 35.2 Å². The molecule has 2 N–H and O–H groups in total. The predicted molar refractivity (Wildman–Crippen MR) is 70.3 cm³/mol. The van der Waals surface area contributed by atoms with E-state index < -0.39 is 6.10 Å². The first-order valence-corrected chi connectivity index (χ1v) is 6.43. The van der Waals surface area contributed by atoms with Gasteiger partial charge in [-0.15, -0.1) is 0 Å². The Hall–Kier alpha value is -1.55. The molecule has 0 spiro atoms. The maximum Gasteiger partial charge on any atom is 0.263 e. The molecule has 0 bridgehead atoms. The van der Waals surface area contributed by atoms with Crippen molar-refractivity contribution in [2.75, 3.05) is 13.1 Å². The zero-order valence-electron chi connectivity index (χ0n) is 10.7. The van der Waals surface area contributed by atoms with Gasteiger partial charge in [0.2, 0.25) is 0 Å². The van der Waals surface area contributed by atoms with Crippen molar-refractivity contribution in [1.82, 2.24) is 4.90 Å². The third-order valence-corrected chi connectivity index (χ3v) is 3.17. The van der Waals surface area contributed by atoms with Crippen molar-refractivity contribution < 1.29 is 9.53 Å². The Kier molecular flexibility index (Phi) is 4.20. The number of piperidine rings is 1. The topological polar surface area (TPSA) is 55.6 Å². The van der Waals surface area contributed by atoms with Crippen molar-refractivity contribution in [1.29, 1.82) is 0 Å². The number of hydrogen-bond donors (Lipinski definition) is 1. The summed E-state index contributed by atoms with van der Waals surface area (Å²) < 4.78 is 5.63. The van der Waals surface area contributed by atoms with Crippen LogP contribution in [0.4, 0.5) is 0 Å². The Morgan fingerprint density at radius 3 is 2.83 bits per heavy atom. The van der Waals surface area contributed by atoms with E-state index >= 15 is 0 Å². The van der Waals surface area contributed by atoms with Crippen LogP contribution in [0.15, 0.2) is 30.3 Å². The van der Waals surface area contributed by atoms with Gasteiger partial charge in [0.25, 0.3) is 5.91 Å². The summed E-state index contributed by atoms with van der Waals surface area (Å²) in [4.78, 5) is 14.0. The zero-order valence-corrected chi connectivity index (χ0v) is 10.7. The van der Waals surface area contributed by atoms with Crippen LogP contribution in [0.2, 0.25) is 0 Å². The SMILES string of the molecule is CC(Oc1ccccc1)C(=O)N1CCCC(N)C1. The molecule has 1 aromatic carbocycles. The molecule has 2 unspecified atom stereocenters. The average molecular weight is 248 g/mol. The molecule has 1 saturated heterocycles. The highest BCUT2D eigenvalue weighted by Crippen LogP contribution is 2.14. The fourth-order valence-corrected chi connectivity index (χ4v) is 2.22. The Labute approximate surface area is 108 Å². The number of carbonyl (C=O) groups is 1. The molecule has 0 radical (unpaired) electrons. The molecule has 1 aromatic rings. The number of nitrogens with two attached hydrogens (primary N) is 1. The number of amides is 1. The molecule has 0 saturated carbocycles. The van der Waals surface area contributed by atoms with Crippen LogP contribution in [-0.4, -0.2) is 36.0 Å². The van der Waals surface area contributed by atoms with Gasteiger partial charge in [0.1, 0.15) is 5.75 Å². The molecule has 98 valence electrons. The Morgan fingerprint density at radius 2 is 2.17 bits per heavy atom. The van der Waals surface area contributed by atoms with Gasteiger partial charge in [-0.2, -0.15) is 0 Å². The van der Waals surface area contributed by atoms with Gasteiger partial charge < -0.3 is 15.4 Å². The van der Waals surface area contributed by atoms with Crippen molar-refractivity contribution in [2.24, 2.45) is 5.73 Å². The molecule has 1 fully saturated rings. The molecule has 1 heterocycles. The second kappa shape index (κ2) is 5.87. The zero-order chi connectivity index (χ0) is 13.0. The lowest BCUT2D eigenvalue weighted by Crippen LogP contribution is -2.49. The first-order chi connectivity index (χ1) is 8.66. The average Bonchev–Trinajstić information content (AvgIpc) is 2.39. The molecular weight excluding hydrogens is 228 g/mol. The van der Waals surface area contributed by atoms with Crippen LogP contribution in [0, 0.1) is 0 Å². The van der Waals surface area contributed by atoms with Crippen molar-refractivity contribution >= 4 is 5.91 Å². The van der Waals surface area contributed by atoms with Crippen molar-refractivity contribution in [3.63, 3.8) is 0 Å². The number of carbonyl (C=O) groups excluding carboxylic acids is 1. The van der Waals surface area contributed by atoms with Crippen molar-refractivity contribution in [2.45, 2.75) is 31.9 Å². The maximum absolute atomic E-state index is 12.2. The number of nitrogens with zero attached hydrogens (tertiary/aromatic N) is 1. The minimum absolute atomic E-state index is 0.0222. The molecule has 0 aliphatic carbocycles. The first kappa shape index (κ1) is 12.9. The van der Waals surface area contributed by atoms with Gasteiger partial charge in [0.05, 0.1) is 0 Å². The minimum atomic E-state index is -0.460. The molecule has 1 aliphatic rings. The number of hydrogen-bond acceptors (Lipinski definition) is 3. The highest BCUT2D eigenvalue weighted by atomic mass is 16.5. The largest absolute Gasteiger partial charge is 0.481 e. The Balaban J connectivity index is 1.92. The Morgan fingerprint density at radius 1 is 1.44 bits per heavy atom. The monoisotopic (exact) mass is 248 g/mol. The van der Waals surface area contributed by atoms with Gasteiger partial charge in [-0.3, -0.25) is 4.79 Å². The lowest BCUT2D eigenvalue weighted by Gasteiger charge is -2.32. The molecular formula is C14H20N2O2. The lowest BCUT2D eigenvalue weighted by atomic mass is 10.1. The van der Waals surface area contributed by atoms with Crippen LogP contribution in [0.25, 0.3) is 0 Å². The number of para-hydroxylation sites is 1. The van der Waals surface area contributed by atoms with E-state index in [1.54, 1.807) is 6.92 Å². The molecule has 4 nitrogen and oxygen atoms in total. The van der Waals surface area contributed by atoms with Crippen LogP contribution >= 0.6 is 0 Å². The Bertz CT molecular complexity index is 394. The van der Waals surface area contributed by atoms with Gasteiger partial charge in [-0.1, -0.05) is 18.2 Å². The second-order valence-corrected chi connectivity index (χ2v) is 4.76. The maximum atomic E-state index is 12.2. The van der Waals surface area contributed by atoms with Gasteiger partial charge in [0, 0.05) is 19.1 Å². The van der Waals surface area contributed by atoms with E-state index in [1.165, 1.54) is 0 Å². The van der Waals surface area contributed by atoms with Crippen LogP contribution in [0.3, 0.4) is 0 Å². The van der Waals surface area contributed by atoms with E-state index in [4.69, 9.17) is 10.5 Å². The summed E-state index contributed by atoms with van der Waals surface area (Å²) in [7, 11) is 0. The number of rotatable bonds is 3. The number of benzene rings is 1. The van der Waals surface area contributed by atoms with E-state index in [0.717, 1.165) is 25.1 Å². The molecule has 4 heteroatoms. The highest BCUT2D eigenvalue weighted by Gasteiger charge is 2.26. The highest BCUT2D eigenvalue weighted by molar-refractivity contribution is 5.81. The number of ether oxygens (including phenoxy) is 1. The quantitative estimate of drug-likeness (QED) is 0.879. The molecule has 1 aliphatic heterocycles. The van der Waals surface area contributed by atoms with Gasteiger partial charge in [-0.25, -0.2) is 0 Å². The lowest BCUT2D eigenvalue weighted by molar-refractivity contribution is -0.139. The van der Waals surface area contributed by atoms with Crippen LogP contribution in [-0.2, 0) is 4.79 Å². The fourth-order valence-electron chi connectivity index (χ4n) is 2.22. The first-order valence-electron chi connectivity index (χ1n) is 6.43. The molecule has 0 aromatic heterocycles. The van der Waals surface area contributed by atoms with E-state index in [2.05, 4.69) is 0 Å². The third kappa shape index (κ3) is 3.23. The summed E-state index contributed by atoms with van der Waals surface area (Å²) in [5.74, 6) is 0.744. The van der Waals surface area contributed by atoms with Crippen molar-refractivity contribution in [3.8, 4) is 5.75 Å². The molecule has 18 heavy (non-hydrogen) atoms. The van der Waals surface area contributed by atoms with Crippen LogP contribution in [0.5, 0.6) is 5.75 Å². The second-order valence-electron chi connectivity index (χ2n) is 4.76. The summed E-state index contributed by atoms with van der Waals surface area (Å²) in [5, 5.41) is 0. The molecule has 1 amide bonds. The standard InChI is InChI=1S/C14H20N2O2/c1-11(18-13-7-3-2-4-8-13)14(17)16-9-5-6-12(15)10-16/h2-4,7-8,11-12H,5-6,9-10,15H2,1H3. The summed E-state index contributed by atoms with van der Waals surface area (Å²) >= 11 is 0. The van der Waals surface area contributed by atoms with Gasteiger partial charge >= 0.3 is 0 Å². The smallest absolute Gasteiger partial charge is 0.263 e. The van der Waals surface area contributed by atoms with E-state index in [0.29, 0.717) is 6.54 Å². The minimum Gasteiger partial charge on any atom is -0.481 e. The van der Waals surface area contributed by atoms with E-state index in [-0.39, 0.29) is 11.9 Å². The van der Waals surface area contributed by atoms with Gasteiger partial charge in [0.15, 0.2) is 6.10 Å². The molecule has 2 atom stereocenters. The van der Waals surface area contributed by atoms with Gasteiger partial charge in [-0.05, 0) is 31.9 Å². The predicted octanol–water partition coefficient (Wildman–Crippen LogP) is 1.40. The van der Waals surface area contributed by atoms with Crippen LogP contribution in [0.1, 0.15) is 19.8 Å². The number of likely N-dealkylation sites (tertiary alicyclic amines) is 1. The van der Waals surface area contributed by atoms with Crippen molar-refractivity contribution in [3.05, 3.63) is 30.3 Å². The summed E-state index contributed by atoms with van der Waals surface area (Å²) in [6.45, 7) is 3.21. The fraction of sp³-hybridized carbons (Fsp3) is 0.500. The summed E-state index contributed by atoms with van der Waals surface area (Å²) in [5.41, 5.74) is 5.88. The third-order valence-electron chi connectivity index (χ3n) is 3.17.